The van der Waals surface area contributed by atoms with Gasteiger partial charge in [0.25, 0.3) is 5.91 Å². The van der Waals surface area contributed by atoms with Gasteiger partial charge in [-0.3, -0.25) is 4.79 Å². The van der Waals surface area contributed by atoms with Crippen molar-refractivity contribution in [2.45, 2.75) is 26.8 Å². The molecule has 0 saturated heterocycles. The van der Waals surface area contributed by atoms with Crippen LogP contribution in [0.15, 0.2) is 65.2 Å². The number of hydrogen-bond acceptors (Lipinski definition) is 2. The first-order chi connectivity index (χ1) is 16.8. The van der Waals surface area contributed by atoms with Crippen LogP contribution in [0.25, 0.3) is 21.9 Å². The highest BCUT2D eigenvalue weighted by molar-refractivity contribution is 6.42. The first-order valence-electron chi connectivity index (χ1n) is 11.3. The van der Waals surface area contributed by atoms with Gasteiger partial charge in [-0.15, -0.1) is 0 Å². The van der Waals surface area contributed by atoms with Gasteiger partial charge in [0.2, 0.25) is 0 Å². The van der Waals surface area contributed by atoms with Gasteiger partial charge in [-0.25, -0.2) is 0 Å². The SMILES string of the molecule is Cc1ccc2cc(CN(CCc3ccc(Cl)c(Cl)c3)C(=O)c3cc(Cl)cc4cc[nH]c34)oc2c1C. The van der Waals surface area contributed by atoms with E-state index in [0.29, 0.717) is 40.1 Å². The maximum absolute atomic E-state index is 13.9. The van der Waals surface area contributed by atoms with E-state index in [4.69, 9.17) is 39.2 Å². The summed E-state index contributed by atoms with van der Waals surface area (Å²) in [5.74, 6) is 0.592. The summed E-state index contributed by atoms with van der Waals surface area (Å²) in [6.45, 7) is 4.89. The van der Waals surface area contributed by atoms with Crippen molar-refractivity contribution in [1.82, 2.24) is 9.88 Å². The van der Waals surface area contributed by atoms with Crippen molar-refractivity contribution in [2.75, 3.05) is 6.54 Å². The first-order valence-corrected chi connectivity index (χ1v) is 12.4. The number of furan rings is 1. The molecule has 0 aliphatic carbocycles. The molecule has 5 aromatic rings. The molecule has 3 aromatic carbocycles. The molecule has 7 heteroatoms. The van der Waals surface area contributed by atoms with Gasteiger partial charge in [0, 0.05) is 28.5 Å². The average molecular weight is 526 g/mol. The fourth-order valence-corrected chi connectivity index (χ4v) is 4.89. The van der Waals surface area contributed by atoms with Gasteiger partial charge in [-0.2, -0.15) is 0 Å². The molecule has 0 fully saturated rings. The van der Waals surface area contributed by atoms with E-state index in [1.54, 1.807) is 17.0 Å². The Morgan fingerprint density at radius 1 is 0.943 bits per heavy atom. The quantitative estimate of drug-likeness (QED) is 0.242. The van der Waals surface area contributed by atoms with E-state index < -0.39 is 0 Å². The van der Waals surface area contributed by atoms with Crippen molar-refractivity contribution in [1.29, 1.82) is 0 Å². The van der Waals surface area contributed by atoms with Crippen LogP contribution in [0.5, 0.6) is 0 Å². The van der Waals surface area contributed by atoms with Crippen LogP contribution in [0.3, 0.4) is 0 Å². The number of H-pyrrole nitrogens is 1. The molecule has 5 rings (SSSR count). The number of carbonyl (C=O) groups is 1. The van der Waals surface area contributed by atoms with Gasteiger partial charge >= 0.3 is 0 Å². The second-order valence-corrected chi connectivity index (χ2v) is 10.0. The molecule has 0 spiro atoms. The third-order valence-electron chi connectivity index (χ3n) is 6.40. The highest BCUT2D eigenvalue weighted by Crippen LogP contribution is 2.29. The molecule has 4 nitrogen and oxygen atoms in total. The molecule has 1 N–H and O–H groups in total. The van der Waals surface area contributed by atoms with Crippen LogP contribution in [0.2, 0.25) is 15.1 Å². The molecule has 0 unspecified atom stereocenters. The fraction of sp³-hybridized carbons (Fsp3) is 0.179. The number of aromatic amines is 1. The van der Waals surface area contributed by atoms with Gasteiger partial charge in [0.1, 0.15) is 11.3 Å². The molecule has 0 atom stereocenters. The monoisotopic (exact) mass is 524 g/mol. The Balaban J connectivity index is 1.50. The normalized spacial score (nSPS) is 11.5. The summed E-state index contributed by atoms with van der Waals surface area (Å²) in [4.78, 5) is 18.8. The second-order valence-electron chi connectivity index (χ2n) is 8.76. The van der Waals surface area contributed by atoms with Crippen LogP contribution < -0.4 is 0 Å². The third-order valence-corrected chi connectivity index (χ3v) is 7.36. The fourth-order valence-electron chi connectivity index (χ4n) is 4.35. The minimum atomic E-state index is -0.131. The molecule has 0 bridgehead atoms. The predicted octanol–water partition coefficient (Wildman–Crippen LogP) is 8.38. The third kappa shape index (κ3) is 4.79. The van der Waals surface area contributed by atoms with Crippen LogP contribution in [0.1, 0.15) is 32.8 Å². The topological polar surface area (TPSA) is 49.2 Å². The van der Waals surface area contributed by atoms with Gasteiger partial charge in [0.05, 0.1) is 27.7 Å². The van der Waals surface area contributed by atoms with E-state index in [0.717, 1.165) is 38.8 Å². The van der Waals surface area contributed by atoms with Gasteiger partial charge in [0.15, 0.2) is 0 Å². The summed E-state index contributed by atoms with van der Waals surface area (Å²) in [5, 5.41) is 3.42. The molecular weight excluding hydrogens is 503 g/mol. The van der Waals surface area contributed by atoms with Crippen molar-refractivity contribution in [2.24, 2.45) is 0 Å². The number of benzene rings is 3. The largest absolute Gasteiger partial charge is 0.459 e. The van der Waals surface area contributed by atoms with Gasteiger partial charge < -0.3 is 14.3 Å². The smallest absolute Gasteiger partial charge is 0.256 e. The van der Waals surface area contributed by atoms with Crippen LogP contribution in [-0.2, 0) is 13.0 Å². The summed E-state index contributed by atoms with van der Waals surface area (Å²) >= 11 is 18.6. The van der Waals surface area contributed by atoms with Crippen LogP contribution in [-0.4, -0.2) is 22.3 Å². The van der Waals surface area contributed by atoms with E-state index in [1.165, 1.54) is 5.56 Å². The number of aromatic nitrogens is 1. The van der Waals surface area contributed by atoms with Crippen LogP contribution >= 0.6 is 34.8 Å². The summed E-state index contributed by atoms with van der Waals surface area (Å²) in [7, 11) is 0. The molecular formula is C28H23Cl3N2O2. The number of aryl methyl sites for hydroxylation is 2. The van der Waals surface area contributed by atoms with E-state index in [2.05, 4.69) is 18.0 Å². The minimum absolute atomic E-state index is 0.131. The van der Waals surface area contributed by atoms with Gasteiger partial charge in [-0.05, 0) is 73.4 Å². The standard InChI is InChI=1S/C28H23Cl3N2O2/c1-16-3-5-20-13-22(35-27(20)17(16)2)15-33(10-8-18-4-6-24(30)25(31)11-18)28(34)23-14-21(29)12-19-7-9-32-26(19)23/h3-7,9,11-14,32H,8,10,15H2,1-2H3. The summed E-state index contributed by atoms with van der Waals surface area (Å²) in [6.07, 6.45) is 2.41. The van der Waals surface area contributed by atoms with E-state index in [-0.39, 0.29) is 5.91 Å². The average Bonchev–Trinajstić information content (AvgIpc) is 3.47. The number of halogens is 3. The lowest BCUT2D eigenvalue weighted by molar-refractivity contribution is 0.0736. The van der Waals surface area contributed by atoms with E-state index >= 15 is 0 Å². The maximum Gasteiger partial charge on any atom is 0.256 e. The maximum atomic E-state index is 13.9. The highest BCUT2D eigenvalue weighted by Gasteiger charge is 2.22. The van der Waals surface area contributed by atoms with Crippen molar-refractivity contribution < 1.29 is 9.21 Å². The minimum Gasteiger partial charge on any atom is -0.459 e. The summed E-state index contributed by atoms with van der Waals surface area (Å²) in [6, 6.07) is 17.1. The molecule has 0 aliphatic heterocycles. The number of nitrogens with one attached hydrogen (secondary N) is 1. The second kappa shape index (κ2) is 9.62. The molecule has 0 radical (unpaired) electrons. The lowest BCUT2D eigenvalue weighted by atomic mass is 10.1. The Kier molecular flexibility index (Phi) is 6.54. The Labute approximate surface area is 218 Å². The summed E-state index contributed by atoms with van der Waals surface area (Å²) < 4.78 is 6.21. The number of nitrogens with zero attached hydrogens (tertiary/aromatic N) is 1. The number of amides is 1. The zero-order chi connectivity index (χ0) is 24.7. The van der Waals surface area contributed by atoms with E-state index in [1.807, 2.05) is 49.5 Å². The number of carbonyl (C=O) groups excluding carboxylic acids is 1. The highest BCUT2D eigenvalue weighted by atomic mass is 35.5. The lowest BCUT2D eigenvalue weighted by Gasteiger charge is -2.22. The number of hydrogen-bond donors (Lipinski definition) is 1. The predicted molar refractivity (Wildman–Crippen MR) is 144 cm³/mol. The number of fused-ring (bicyclic) bond motifs is 2. The molecule has 1 amide bonds. The molecule has 178 valence electrons. The van der Waals surface area contributed by atoms with Crippen molar-refractivity contribution in [3.05, 3.63) is 104 Å². The zero-order valence-corrected chi connectivity index (χ0v) is 21.6. The molecule has 2 aromatic heterocycles. The Bertz CT molecular complexity index is 1570. The Morgan fingerprint density at radius 2 is 1.77 bits per heavy atom. The molecule has 35 heavy (non-hydrogen) atoms. The van der Waals surface area contributed by atoms with E-state index in [9.17, 15) is 4.79 Å². The van der Waals surface area contributed by atoms with Crippen molar-refractivity contribution >= 4 is 62.6 Å². The first kappa shape index (κ1) is 23.8. The zero-order valence-electron chi connectivity index (χ0n) is 19.3. The van der Waals surface area contributed by atoms with Crippen LogP contribution in [0.4, 0.5) is 0 Å². The Hall–Kier alpha value is -2.92. The molecule has 0 saturated carbocycles. The van der Waals surface area contributed by atoms with Crippen molar-refractivity contribution in [3.8, 4) is 0 Å². The number of rotatable bonds is 6. The lowest BCUT2D eigenvalue weighted by Crippen LogP contribution is -2.32. The van der Waals surface area contributed by atoms with Gasteiger partial charge in [-0.1, -0.05) is 53.0 Å². The molecule has 0 aliphatic rings. The Morgan fingerprint density at radius 3 is 2.57 bits per heavy atom. The van der Waals surface area contributed by atoms with Crippen molar-refractivity contribution in [3.63, 3.8) is 0 Å². The molecule has 2 heterocycles. The summed E-state index contributed by atoms with van der Waals surface area (Å²) in [5.41, 5.74) is 5.39. The van der Waals surface area contributed by atoms with Crippen LogP contribution in [0, 0.1) is 13.8 Å².